The topological polar surface area (TPSA) is 69.5 Å². The number of aromatic nitrogens is 3. The van der Waals surface area contributed by atoms with Crippen molar-refractivity contribution >= 4 is 11.7 Å². The number of para-hydroxylation sites is 1. The first-order valence-electron chi connectivity index (χ1n) is 8.75. The van der Waals surface area contributed by atoms with E-state index in [1.54, 1.807) is 16.8 Å². The maximum absolute atomic E-state index is 11.5. The van der Waals surface area contributed by atoms with Crippen molar-refractivity contribution in [3.8, 4) is 0 Å². The van der Waals surface area contributed by atoms with Gasteiger partial charge in [-0.2, -0.15) is 0 Å². The third kappa shape index (κ3) is 3.68. The van der Waals surface area contributed by atoms with Crippen molar-refractivity contribution in [2.45, 2.75) is 12.8 Å². The van der Waals surface area contributed by atoms with E-state index in [4.69, 9.17) is 9.47 Å². The summed E-state index contributed by atoms with van der Waals surface area (Å²) in [5.74, 6) is -0.344. The Bertz CT molecular complexity index is 908. The summed E-state index contributed by atoms with van der Waals surface area (Å²) < 4.78 is 12.4. The summed E-state index contributed by atoms with van der Waals surface area (Å²) in [7, 11) is 1.37. The van der Waals surface area contributed by atoms with Gasteiger partial charge in [0, 0.05) is 12.2 Å². The van der Waals surface area contributed by atoms with Crippen molar-refractivity contribution in [1.29, 1.82) is 0 Å². The summed E-state index contributed by atoms with van der Waals surface area (Å²) >= 11 is 0. The lowest BCUT2D eigenvalue weighted by Crippen LogP contribution is -2.23. The van der Waals surface area contributed by atoms with Gasteiger partial charge in [0.25, 0.3) is 0 Å². The highest BCUT2D eigenvalue weighted by molar-refractivity contribution is 5.89. The molecule has 2 heterocycles. The van der Waals surface area contributed by atoms with Crippen LogP contribution in [0.4, 0.5) is 5.69 Å². The van der Waals surface area contributed by atoms with E-state index in [9.17, 15) is 4.79 Å². The molecule has 0 spiro atoms. The van der Waals surface area contributed by atoms with Crippen LogP contribution in [0.15, 0.2) is 60.8 Å². The van der Waals surface area contributed by atoms with Gasteiger partial charge in [-0.25, -0.2) is 9.48 Å². The van der Waals surface area contributed by atoms with Crippen LogP contribution < -0.4 is 4.90 Å². The van der Waals surface area contributed by atoms with Crippen molar-refractivity contribution in [3.05, 3.63) is 77.6 Å². The van der Waals surface area contributed by atoms with Crippen LogP contribution >= 0.6 is 0 Å². The lowest BCUT2D eigenvalue weighted by molar-refractivity contribution is 0.0600. The molecule has 1 saturated heterocycles. The minimum absolute atomic E-state index is 0.233. The first-order valence-corrected chi connectivity index (χ1v) is 8.75. The van der Waals surface area contributed by atoms with Gasteiger partial charge in [0.15, 0.2) is 6.23 Å². The highest BCUT2D eigenvalue weighted by atomic mass is 16.5. The van der Waals surface area contributed by atoms with Gasteiger partial charge in [0.2, 0.25) is 0 Å². The SMILES string of the molecule is COC(=O)c1ccc(Cn2cc(C3OCCN3c3ccccc3)nn2)cc1. The first-order chi connectivity index (χ1) is 13.2. The van der Waals surface area contributed by atoms with Crippen molar-refractivity contribution in [2.24, 2.45) is 0 Å². The Morgan fingerprint density at radius 2 is 1.96 bits per heavy atom. The van der Waals surface area contributed by atoms with E-state index in [0.29, 0.717) is 18.7 Å². The second-order valence-corrected chi connectivity index (χ2v) is 6.28. The second kappa shape index (κ2) is 7.59. The minimum atomic E-state index is -0.344. The molecule has 0 saturated carbocycles. The standard InChI is InChI=1S/C20H20N4O3/c1-26-20(25)16-9-7-15(8-10-16)13-23-14-18(21-22-23)19-24(11-12-27-19)17-5-3-2-4-6-17/h2-10,14,19H,11-13H2,1H3. The summed E-state index contributed by atoms with van der Waals surface area (Å²) in [6.45, 7) is 2.03. The zero-order chi connectivity index (χ0) is 18.6. The van der Waals surface area contributed by atoms with E-state index < -0.39 is 0 Å². The summed E-state index contributed by atoms with van der Waals surface area (Å²) in [6.07, 6.45) is 1.67. The fourth-order valence-electron chi connectivity index (χ4n) is 3.15. The first kappa shape index (κ1) is 17.2. The number of anilines is 1. The Labute approximate surface area is 157 Å². The number of hydrogen-bond acceptors (Lipinski definition) is 6. The predicted molar refractivity (Wildman–Crippen MR) is 99.4 cm³/mol. The number of rotatable bonds is 5. The molecule has 138 valence electrons. The number of ether oxygens (including phenoxy) is 2. The van der Waals surface area contributed by atoms with Crippen LogP contribution in [-0.4, -0.2) is 41.2 Å². The predicted octanol–water partition coefficient (Wildman–Crippen LogP) is 2.65. The minimum Gasteiger partial charge on any atom is -0.465 e. The Morgan fingerprint density at radius 3 is 2.70 bits per heavy atom. The lowest BCUT2D eigenvalue weighted by Gasteiger charge is -2.23. The highest BCUT2D eigenvalue weighted by Gasteiger charge is 2.29. The van der Waals surface area contributed by atoms with E-state index in [1.165, 1.54) is 7.11 Å². The van der Waals surface area contributed by atoms with Crippen LogP contribution in [0, 0.1) is 0 Å². The Hall–Kier alpha value is -3.19. The van der Waals surface area contributed by atoms with Crippen LogP contribution in [0.25, 0.3) is 0 Å². The molecule has 0 amide bonds. The van der Waals surface area contributed by atoms with Crippen molar-refractivity contribution < 1.29 is 14.3 Å². The molecule has 3 aromatic rings. The largest absolute Gasteiger partial charge is 0.465 e. The van der Waals surface area contributed by atoms with Crippen LogP contribution in [0.1, 0.15) is 27.8 Å². The molecule has 0 bridgehead atoms. The van der Waals surface area contributed by atoms with Gasteiger partial charge in [0.1, 0.15) is 5.69 Å². The molecule has 2 aromatic carbocycles. The van der Waals surface area contributed by atoms with Gasteiger partial charge in [-0.05, 0) is 29.8 Å². The number of esters is 1. The molecular formula is C20H20N4O3. The normalized spacial score (nSPS) is 16.5. The zero-order valence-corrected chi connectivity index (χ0v) is 15.0. The van der Waals surface area contributed by atoms with Crippen molar-refractivity contribution in [2.75, 3.05) is 25.2 Å². The van der Waals surface area contributed by atoms with Crippen LogP contribution in [0.5, 0.6) is 0 Å². The molecule has 1 fully saturated rings. The molecule has 4 rings (SSSR count). The third-order valence-corrected chi connectivity index (χ3v) is 4.51. The van der Waals surface area contributed by atoms with Crippen molar-refractivity contribution in [1.82, 2.24) is 15.0 Å². The molecule has 1 atom stereocenters. The van der Waals surface area contributed by atoms with Gasteiger partial charge in [-0.1, -0.05) is 35.5 Å². The Kier molecular flexibility index (Phi) is 4.84. The second-order valence-electron chi connectivity index (χ2n) is 6.28. The fourth-order valence-corrected chi connectivity index (χ4v) is 3.15. The molecule has 1 unspecified atom stereocenters. The maximum atomic E-state index is 11.5. The van der Waals surface area contributed by atoms with E-state index >= 15 is 0 Å². The molecule has 1 aromatic heterocycles. The van der Waals surface area contributed by atoms with Gasteiger partial charge < -0.3 is 14.4 Å². The van der Waals surface area contributed by atoms with Gasteiger partial charge in [-0.3, -0.25) is 0 Å². The molecular weight excluding hydrogens is 344 g/mol. The quantitative estimate of drug-likeness (QED) is 0.648. The van der Waals surface area contributed by atoms with E-state index in [2.05, 4.69) is 27.3 Å². The van der Waals surface area contributed by atoms with Gasteiger partial charge in [0.05, 0.1) is 32.0 Å². The summed E-state index contributed by atoms with van der Waals surface area (Å²) in [4.78, 5) is 13.7. The molecule has 1 aliphatic rings. The summed E-state index contributed by atoms with van der Waals surface area (Å²) in [5.41, 5.74) is 3.43. The molecule has 7 heteroatoms. The molecule has 0 N–H and O–H groups in total. The Balaban J connectivity index is 1.47. The third-order valence-electron chi connectivity index (χ3n) is 4.51. The average molecular weight is 364 g/mol. The Morgan fingerprint density at radius 1 is 1.19 bits per heavy atom. The van der Waals surface area contributed by atoms with E-state index in [0.717, 1.165) is 23.5 Å². The number of methoxy groups -OCH3 is 1. The monoisotopic (exact) mass is 364 g/mol. The van der Waals surface area contributed by atoms with Gasteiger partial charge >= 0.3 is 5.97 Å². The van der Waals surface area contributed by atoms with Gasteiger partial charge in [-0.15, -0.1) is 5.10 Å². The average Bonchev–Trinajstić information content (AvgIpc) is 3.38. The molecule has 0 aliphatic carbocycles. The van der Waals surface area contributed by atoms with E-state index in [1.807, 2.05) is 36.5 Å². The molecule has 7 nitrogen and oxygen atoms in total. The molecule has 27 heavy (non-hydrogen) atoms. The number of nitrogens with zero attached hydrogens (tertiary/aromatic N) is 4. The number of hydrogen-bond donors (Lipinski definition) is 0. The molecule has 0 radical (unpaired) electrons. The number of benzene rings is 2. The zero-order valence-electron chi connectivity index (χ0n) is 15.0. The van der Waals surface area contributed by atoms with Crippen molar-refractivity contribution in [3.63, 3.8) is 0 Å². The van der Waals surface area contributed by atoms with Crippen LogP contribution in [-0.2, 0) is 16.0 Å². The summed E-state index contributed by atoms with van der Waals surface area (Å²) in [6, 6.07) is 17.4. The number of carbonyl (C=O) groups is 1. The fraction of sp³-hybridized carbons (Fsp3) is 0.250. The molecule has 1 aliphatic heterocycles. The maximum Gasteiger partial charge on any atom is 0.337 e. The van der Waals surface area contributed by atoms with Crippen LogP contribution in [0.3, 0.4) is 0 Å². The number of carbonyl (C=O) groups excluding carboxylic acids is 1. The highest BCUT2D eigenvalue weighted by Crippen LogP contribution is 2.30. The van der Waals surface area contributed by atoms with Crippen LogP contribution in [0.2, 0.25) is 0 Å². The van der Waals surface area contributed by atoms with E-state index in [-0.39, 0.29) is 12.2 Å². The summed E-state index contributed by atoms with van der Waals surface area (Å²) in [5, 5.41) is 8.53. The smallest absolute Gasteiger partial charge is 0.337 e. The lowest BCUT2D eigenvalue weighted by atomic mass is 10.1.